The molecule has 2 aromatic rings. The van der Waals surface area contributed by atoms with E-state index in [2.05, 4.69) is 43.7 Å². The number of benzene rings is 2. The Morgan fingerprint density at radius 1 is 0.868 bits per heavy atom. The highest BCUT2D eigenvalue weighted by Gasteiger charge is 2.45. The second-order valence-electron chi connectivity index (χ2n) is 11.5. The fraction of sp³-hybridized carbons (Fsp3) is 0.567. The molecule has 2 heterocycles. The van der Waals surface area contributed by atoms with Crippen LogP contribution in [0.5, 0.6) is 0 Å². The zero-order valence-corrected chi connectivity index (χ0v) is 23.6. The number of piperidine rings is 1. The summed E-state index contributed by atoms with van der Waals surface area (Å²) in [4.78, 5) is 20.9. The Hall–Kier alpha value is -2.42. The predicted octanol–water partition coefficient (Wildman–Crippen LogP) is 5.15. The van der Waals surface area contributed by atoms with Gasteiger partial charge >= 0.3 is 6.03 Å². The van der Waals surface area contributed by atoms with Gasteiger partial charge in [0, 0.05) is 44.3 Å². The van der Waals surface area contributed by atoms with Crippen molar-refractivity contribution in [2.45, 2.75) is 94.4 Å². The third-order valence-corrected chi connectivity index (χ3v) is 10.0. The summed E-state index contributed by atoms with van der Waals surface area (Å²) in [5.41, 5.74) is 2.35. The topological polar surface area (TPSA) is 73.0 Å². The summed E-state index contributed by atoms with van der Waals surface area (Å²) in [6, 6.07) is 18.6. The van der Waals surface area contributed by atoms with Gasteiger partial charge in [-0.15, -0.1) is 0 Å². The van der Waals surface area contributed by atoms with Crippen LogP contribution in [-0.4, -0.2) is 66.9 Å². The Balaban J connectivity index is 1.23. The van der Waals surface area contributed by atoms with E-state index in [4.69, 9.17) is 0 Å². The van der Waals surface area contributed by atoms with Crippen LogP contribution in [-0.2, 0) is 16.6 Å². The molecule has 0 bridgehead atoms. The highest BCUT2D eigenvalue weighted by atomic mass is 32.2. The molecule has 1 atom stereocenters. The SMILES string of the molecule is CC(C)NS(=O)(=O)c1ccc(CN2CCC(N3C(=O)N(C4CCCCC4)CC3c3ccccc3)CC2)cc1. The number of likely N-dealkylation sites (tertiary alicyclic amines) is 1. The first-order valence-corrected chi connectivity index (χ1v) is 15.8. The lowest BCUT2D eigenvalue weighted by molar-refractivity contribution is 0.106. The summed E-state index contributed by atoms with van der Waals surface area (Å²) >= 11 is 0. The Bertz CT molecular complexity index is 1170. The summed E-state index contributed by atoms with van der Waals surface area (Å²) in [7, 11) is -3.48. The molecular weight excluding hydrogens is 496 g/mol. The minimum Gasteiger partial charge on any atom is -0.319 e. The summed E-state index contributed by atoms with van der Waals surface area (Å²) in [5, 5.41) is 0. The van der Waals surface area contributed by atoms with E-state index in [0.29, 0.717) is 10.9 Å². The fourth-order valence-corrected chi connectivity index (χ4v) is 7.70. The number of nitrogens with zero attached hydrogens (tertiary/aromatic N) is 3. The molecule has 2 aromatic carbocycles. The molecule has 0 radical (unpaired) electrons. The maximum atomic E-state index is 13.8. The Morgan fingerprint density at radius 2 is 1.53 bits per heavy atom. The van der Waals surface area contributed by atoms with Gasteiger partial charge in [0.25, 0.3) is 0 Å². The normalized spacial score (nSPS) is 22.5. The second-order valence-corrected chi connectivity index (χ2v) is 13.2. The quantitative estimate of drug-likeness (QED) is 0.505. The number of carbonyl (C=O) groups is 1. The van der Waals surface area contributed by atoms with E-state index in [1.807, 2.05) is 32.0 Å². The molecule has 206 valence electrons. The molecule has 1 unspecified atom stereocenters. The predicted molar refractivity (Wildman–Crippen MR) is 150 cm³/mol. The van der Waals surface area contributed by atoms with Gasteiger partial charge in [-0.25, -0.2) is 17.9 Å². The molecule has 1 aliphatic carbocycles. The van der Waals surface area contributed by atoms with Crippen LogP contribution in [0, 0.1) is 0 Å². The van der Waals surface area contributed by atoms with Crippen molar-refractivity contribution in [3.8, 4) is 0 Å². The van der Waals surface area contributed by atoms with E-state index >= 15 is 0 Å². The van der Waals surface area contributed by atoms with Crippen molar-refractivity contribution in [2.24, 2.45) is 0 Å². The Kier molecular flexibility index (Phi) is 8.41. The zero-order chi connectivity index (χ0) is 26.7. The van der Waals surface area contributed by atoms with Crippen molar-refractivity contribution in [1.82, 2.24) is 19.4 Å². The first-order valence-electron chi connectivity index (χ1n) is 14.3. The van der Waals surface area contributed by atoms with Gasteiger partial charge in [0.2, 0.25) is 10.0 Å². The number of urea groups is 1. The molecule has 2 amide bonds. The first-order chi connectivity index (χ1) is 18.3. The minimum atomic E-state index is -3.48. The van der Waals surface area contributed by atoms with Gasteiger partial charge in [-0.05, 0) is 62.8 Å². The first kappa shape index (κ1) is 27.2. The zero-order valence-electron chi connectivity index (χ0n) is 22.8. The van der Waals surface area contributed by atoms with Crippen LogP contribution in [0.25, 0.3) is 0 Å². The summed E-state index contributed by atoms with van der Waals surface area (Å²) in [6.45, 7) is 7.08. The Labute approximate surface area is 228 Å². The smallest absolute Gasteiger partial charge is 0.319 e. The second kappa shape index (κ2) is 11.8. The molecule has 3 aliphatic rings. The molecule has 7 nitrogen and oxygen atoms in total. The number of nitrogens with one attached hydrogen (secondary N) is 1. The van der Waals surface area contributed by atoms with Crippen molar-refractivity contribution in [1.29, 1.82) is 0 Å². The van der Waals surface area contributed by atoms with Crippen LogP contribution in [0.2, 0.25) is 0 Å². The van der Waals surface area contributed by atoms with Crippen molar-refractivity contribution < 1.29 is 13.2 Å². The molecule has 1 saturated carbocycles. The van der Waals surface area contributed by atoms with Gasteiger partial charge in [0.15, 0.2) is 0 Å². The van der Waals surface area contributed by atoms with Crippen molar-refractivity contribution in [3.05, 3.63) is 65.7 Å². The molecule has 1 N–H and O–H groups in total. The fourth-order valence-electron chi connectivity index (χ4n) is 6.45. The van der Waals surface area contributed by atoms with E-state index in [1.54, 1.807) is 12.1 Å². The average molecular weight is 539 g/mol. The Morgan fingerprint density at radius 3 is 2.16 bits per heavy atom. The van der Waals surface area contributed by atoms with E-state index in [0.717, 1.165) is 57.4 Å². The van der Waals surface area contributed by atoms with Gasteiger partial charge in [0.1, 0.15) is 0 Å². The molecular formula is C30H42N4O3S. The maximum absolute atomic E-state index is 13.8. The van der Waals surface area contributed by atoms with Gasteiger partial charge in [-0.3, -0.25) is 4.90 Å². The highest BCUT2D eigenvalue weighted by Crippen LogP contribution is 2.38. The molecule has 0 aromatic heterocycles. The largest absolute Gasteiger partial charge is 0.321 e. The summed E-state index contributed by atoms with van der Waals surface area (Å²) in [5.74, 6) is 0. The van der Waals surface area contributed by atoms with Crippen LogP contribution in [0.15, 0.2) is 59.5 Å². The van der Waals surface area contributed by atoms with Crippen LogP contribution >= 0.6 is 0 Å². The third-order valence-electron chi connectivity index (χ3n) is 8.35. The van der Waals surface area contributed by atoms with E-state index in [1.165, 1.54) is 24.8 Å². The lowest BCUT2D eigenvalue weighted by atomic mass is 9.94. The molecule has 2 aliphatic heterocycles. The summed E-state index contributed by atoms with van der Waals surface area (Å²) < 4.78 is 27.5. The van der Waals surface area contributed by atoms with Crippen LogP contribution < -0.4 is 4.72 Å². The van der Waals surface area contributed by atoms with Crippen LogP contribution in [0.3, 0.4) is 0 Å². The molecule has 3 fully saturated rings. The molecule has 2 saturated heterocycles. The van der Waals surface area contributed by atoms with E-state index < -0.39 is 10.0 Å². The van der Waals surface area contributed by atoms with Gasteiger partial charge < -0.3 is 9.80 Å². The van der Waals surface area contributed by atoms with Gasteiger partial charge in [-0.2, -0.15) is 0 Å². The van der Waals surface area contributed by atoms with Crippen molar-refractivity contribution in [3.63, 3.8) is 0 Å². The van der Waals surface area contributed by atoms with Crippen molar-refractivity contribution >= 4 is 16.1 Å². The van der Waals surface area contributed by atoms with E-state index in [-0.39, 0.29) is 24.2 Å². The summed E-state index contributed by atoms with van der Waals surface area (Å²) in [6.07, 6.45) is 7.92. The van der Waals surface area contributed by atoms with E-state index in [9.17, 15) is 13.2 Å². The average Bonchev–Trinajstić information content (AvgIpc) is 3.27. The molecule has 8 heteroatoms. The van der Waals surface area contributed by atoms with Crippen molar-refractivity contribution in [2.75, 3.05) is 19.6 Å². The number of hydrogen-bond donors (Lipinski definition) is 1. The lowest BCUT2D eigenvalue weighted by Gasteiger charge is -2.39. The van der Waals surface area contributed by atoms with Crippen LogP contribution in [0.1, 0.15) is 76.0 Å². The third kappa shape index (κ3) is 6.08. The van der Waals surface area contributed by atoms with Crippen LogP contribution in [0.4, 0.5) is 4.79 Å². The standard InChI is InChI=1S/C30H42N4O3S/c1-23(2)31-38(36,37)28-15-13-24(14-16-28)21-32-19-17-27(18-20-32)34-29(25-9-5-3-6-10-25)22-33(30(34)35)26-11-7-4-8-12-26/h3,5-6,9-10,13-16,23,26-27,29,31H,4,7-8,11-12,17-22H2,1-2H3. The molecule has 5 rings (SSSR count). The molecule has 38 heavy (non-hydrogen) atoms. The van der Waals surface area contributed by atoms with Gasteiger partial charge in [0.05, 0.1) is 10.9 Å². The number of rotatable bonds is 8. The molecule has 0 spiro atoms. The van der Waals surface area contributed by atoms with Gasteiger partial charge in [-0.1, -0.05) is 61.7 Å². The number of carbonyl (C=O) groups excluding carboxylic acids is 1. The number of sulfonamides is 1. The highest BCUT2D eigenvalue weighted by molar-refractivity contribution is 7.89. The number of amides is 2. The number of hydrogen-bond acceptors (Lipinski definition) is 4. The lowest BCUT2D eigenvalue weighted by Crippen LogP contribution is -2.48. The maximum Gasteiger partial charge on any atom is 0.321 e. The minimum absolute atomic E-state index is 0.121. The monoisotopic (exact) mass is 538 g/mol.